The molecular formula is C13H10FN3O. The number of nitrogens with one attached hydrogen (secondary N) is 1. The molecule has 5 heteroatoms. The smallest absolute Gasteiger partial charge is 0.244 e. The SMILES string of the molecule is N#Cc1cccn1CC(=O)Nc1ccc(F)cc1. The van der Waals surface area contributed by atoms with E-state index in [2.05, 4.69) is 5.32 Å². The number of carbonyl (C=O) groups excluding carboxylic acids is 1. The van der Waals surface area contributed by atoms with Gasteiger partial charge in [0.05, 0.1) is 0 Å². The Morgan fingerprint density at radius 1 is 1.33 bits per heavy atom. The fraction of sp³-hybridized carbons (Fsp3) is 0.0769. The normalized spacial score (nSPS) is 9.78. The zero-order valence-electron chi connectivity index (χ0n) is 9.43. The lowest BCUT2D eigenvalue weighted by molar-refractivity contribution is -0.116. The minimum absolute atomic E-state index is 0.0489. The number of aromatic nitrogens is 1. The number of carbonyl (C=O) groups is 1. The number of nitrogens with zero attached hydrogens (tertiary/aromatic N) is 2. The average molecular weight is 243 g/mol. The van der Waals surface area contributed by atoms with Gasteiger partial charge in [-0.15, -0.1) is 0 Å². The number of nitriles is 1. The maximum atomic E-state index is 12.7. The molecule has 0 fully saturated rings. The maximum absolute atomic E-state index is 12.7. The predicted molar refractivity (Wildman–Crippen MR) is 64.2 cm³/mol. The molecule has 0 aliphatic carbocycles. The van der Waals surface area contributed by atoms with Crippen LogP contribution < -0.4 is 5.32 Å². The summed E-state index contributed by atoms with van der Waals surface area (Å²) < 4.78 is 14.2. The highest BCUT2D eigenvalue weighted by molar-refractivity contribution is 5.90. The minimum atomic E-state index is -0.356. The molecule has 1 amide bonds. The van der Waals surface area contributed by atoms with Crippen LogP contribution in [0.2, 0.25) is 0 Å². The van der Waals surface area contributed by atoms with Crippen LogP contribution in [0.3, 0.4) is 0 Å². The number of anilines is 1. The first-order valence-corrected chi connectivity index (χ1v) is 5.30. The Labute approximate surface area is 103 Å². The molecular weight excluding hydrogens is 233 g/mol. The standard InChI is InChI=1S/C13H10FN3O/c14-10-3-5-11(6-4-10)16-13(18)9-17-7-1-2-12(17)8-15/h1-7H,9H2,(H,16,18). The van der Waals surface area contributed by atoms with Crippen LogP contribution in [0.25, 0.3) is 0 Å². The second-order valence-corrected chi connectivity index (χ2v) is 3.69. The number of amides is 1. The Bertz CT molecular complexity index is 595. The Hall–Kier alpha value is -2.61. The van der Waals surface area contributed by atoms with Gasteiger partial charge in [-0.2, -0.15) is 5.26 Å². The monoisotopic (exact) mass is 243 g/mol. The summed E-state index contributed by atoms with van der Waals surface area (Å²) in [5.41, 5.74) is 0.941. The van der Waals surface area contributed by atoms with Crippen LogP contribution in [0.1, 0.15) is 5.69 Å². The summed E-state index contributed by atoms with van der Waals surface area (Å²) >= 11 is 0. The van der Waals surface area contributed by atoms with Crippen molar-refractivity contribution in [3.8, 4) is 6.07 Å². The average Bonchev–Trinajstić information content (AvgIpc) is 2.79. The highest BCUT2D eigenvalue weighted by atomic mass is 19.1. The van der Waals surface area contributed by atoms with Crippen LogP contribution in [-0.2, 0) is 11.3 Å². The van der Waals surface area contributed by atoms with Crippen LogP contribution in [0, 0.1) is 17.1 Å². The molecule has 2 aromatic rings. The van der Waals surface area contributed by atoms with Gasteiger partial charge in [-0.25, -0.2) is 4.39 Å². The summed E-state index contributed by atoms with van der Waals surface area (Å²) in [6, 6.07) is 10.8. The summed E-state index contributed by atoms with van der Waals surface area (Å²) in [7, 11) is 0. The van der Waals surface area contributed by atoms with E-state index in [0.717, 1.165) is 0 Å². The number of halogens is 1. The molecule has 1 heterocycles. The quantitative estimate of drug-likeness (QED) is 0.897. The van der Waals surface area contributed by atoms with Crippen molar-refractivity contribution < 1.29 is 9.18 Å². The minimum Gasteiger partial charge on any atom is -0.330 e. The van der Waals surface area contributed by atoms with E-state index >= 15 is 0 Å². The van der Waals surface area contributed by atoms with E-state index in [1.165, 1.54) is 24.3 Å². The zero-order chi connectivity index (χ0) is 13.0. The molecule has 0 radical (unpaired) electrons. The molecule has 18 heavy (non-hydrogen) atoms. The molecule has 0 saturated heterocycles. The van der Waals surface area contributed by atoms with Gasteiger partial charge in [-0.1, -0.05) is 0 Å². The predicted octanol–water partition coefficient (Wildman–Crippen LogP) is 2.14. The molecule has 0 atom stereocenters. The summed E-state index contributed by atoms with van der Waals surface area (Å²) in [5.74, 6) is -0.625. The fourth-order valence-corrected chi connectivity index (χ4v) is 1.54. The van der Waals surface area contributed by atoms with Crippen molar-refractivity contribution in [2.75, 3.05) is 5.32 Å². The summed E-state index contributed by atoms with van der Waals surface area (Å²) in [4.78, 5) is 11.7. The van der Waals surface area contributed by atoms with E-state index in [4.69, 9.17) is 5.26 Å². The molecule has 0 spiro atoms. The molecule has 1 N–H and O–H groups in total. The van der Waals surface area contributed by atoms with Crippen molar-refractivity contribution in [2.45, 2.75) is 6.54 Å². The first-order valence-electron chi connectivity index (χ1n) is 5.30. The summed E-state index contributed by atoms with van der Waals surface area (Å²) in [6.45, 7) is 0.0489. The van der Waals surface area contributed by atoms with Crippen molar-refractivity contribution in [2.24, 2.45) is 0 Å². The van der Waals surface area contributed by atoms with Gasteiger partial charge in [0.2, 0.25) is 5.91 Å². The van der Waals surface area contributed by atoms with Gasteiger partial charge in [0.25, 0.3) is 0 Å². The first kappa shape index (κ1) is 11.9. The summed E-state index contributed by atoms with van der Waals surface area (Å²) in [6.07, 6.45) is 1.66. The fourth-order valence-electron chi connectivity index (χ4n) is 1.54. The second kappa shape index (κ2) is 5.15. The van der Waals surface area contributed by atoms with Gasteiger partial charge in [0.15, 0.2) is 0 Å². The molecule has 1 aromatic heterocycles. The lowest BCUT2D eigenvalue weighted by atomic mass is 10.3. The van der Waals surface area contributed by atoms with Gasteiger partial charge in [-0.3, -0.25) is 4.79 Å². The van der Waals surface area contributed by atoms with E-state index in [-0.39, 0.29) is 18.3 Å². The van der Waals surface area contributed by atoms with Gasteiger partial charge in [0, 0.05) is 11.9 Å². The van der Waals surface area contributed by atoms with E-state index in [1.54, 1.807) is 22.9 Å². The Kier molecular flexibility index (Phi) is 3.39. The number of benzene rings is 1. The third-order valence-electron chi connectivity index (χ3n) is 2.39. The number of rotatable bonds is 3. The maximum Gasteiger partial charge on any atom is 0.244 e. The van der Waals surface area contributed by atoms with Gasteiger partial charge in [-0.05, 0) is 36.4 Å². The molecule has 2 rings (SSSR count). The molecule has 90 valence electrons. The molecule has 0 unspecified atom stereocenters. The van der Waals surface area contributed by atoms with Crippen LogP contribution >= 0.6 is 0 Å². The molecule has 0 aliphatic rings. The zero-order valence-corrected chi connectivity index (χ0v) is 9.43. The van der Waals surface area contributed by atoms with Crippen molar-refractivity contribution in [3.05, 3.63) is 54.1 Å². The Morgan fingerprint density at radius 2 is 2.06 bits per heavy atom. The molecule has 0 bridgehead atoms. The van der Waals surface area contributed by atoms with Gasteiger partial charge < -0.3 is 9.88 Å². The van der Waals surface area contributed by atoms with Crippen molar-refractivity contribution in [3.63, 3.8) is 0 Å². The van der Waals surface area contributed by atoms with Crippen molar-refractivity contribution >= 4 is 11.6 Å². The molecule has 0 saturated carbocycles. The van der Waals surface area contributed by atoms with Gasteiger partial charge in [0.1, 0.15) is 24.1 Å². The van der Waals surface area contributed by atoms with E-state index in [0.29, 0.717) is 11.4 Å². The Balaban J connectivity index is 2.01. The van der Waals surface area contributed by atoms with Crippen LogP contribution in [0.5, 0.6) is 0 Å². The third-order valence-corrected chi connectivity index (χ3v) is 2.39. The van der Waals surface area contributed by atoms with E-state index in [9.17, 15) is 9.18 Å². The van der Waals surface area contributed by atoms with Crippen LogP contribution in [0.15, 0.2) is 42.6 Å². The van der Waals surface area contributed by atoms with Crippen LogP contribution in [-0.4, -0.2) is 10.5 Å². The summed E-state index contributed by atoms with van der Waals surface area (Å²) in [5, 5.41) is 11.4. The van der Waals surface area contributed by atoms with Gasteiger partial charge >= 0.3 is 0 Å². The number of hydrogen-bond acceptors (Lipinski definition) is 2. The van der Waals surface area contributed by atoms with Crippen LogP contribution in [0.4, 0.5) is 10.1 Å². The van der Waals surface area contributed by atoms with E-state index in [1.807, 2.05) is 6.07 Å². The molecule has 4 nitrogen and oxygen atoms in total. The highest BCUT2D eigenvalue weighted by Gasteiger charge is 2.06. The third kappa shape index (κ3) is 2.74. The van der Waals surface area contributed by atoms with E-state index < -0.39 is 0 Å². The molecule has 0 aliphatic heterocycles. The largest absolute Gasteiger partial charge is 0.330 e. The van der Waals surface area contributed by atoms with Crippen molar-refractivity contribution in [1.29, 1.82) is 5.26 Å². The van der Waals surface area contributed by atoms with Crippen molar-refractivity contribution in [1.82, 2.24) is 4.57 Å². The lowest BCUT2D eigenvalue weighted by Crippen LogP contribution is -2.18. The Morgan fingerprint density at radius 3 is 2.72 bits per heavy atom. The topological polar surface area (TPSA) is 57.8 Å². The highest BCUT2D eigenvalue weighted by Crippen LogP contribution is 2.08. The molecule has 1 aromatic carbocycles. The number of hydrogen-bond donors (Lipinski definition) is 1. The lowest BCUT2D eigenvalue weighted by Gasteiger charge is -2.06. The second-order valence-electron chi connectivity index (χ2n) is 3.69. The first-order chi connectivity index (χ1) is 8.69.